The molecule has 1 heterocycles. The van der Waals surface area contributed by atoms with Crippen LogP contribution >= 0.6 is 0 Å². The van der Waals surface area contributed by atoms with Gasteiger partial charge in [0.2, 0.25) is 5.91 Å². The van der Waals surface area contributed by atoms with E-state index in [-0.39, 0.29) is 5.91 Å². The minimum atomic E-state index is -3.16. The third kappa shape index (κ3) is 7.23. The van der Waals surface area contributed by atoms with Gasteiger partial charge in [0.1, 0.15) is 0 Å². The van der Waals surface area contributed by atoms with Crippen molar-refractivity contribution in [2.24, 2.45) is 0 Å². The molecule has 1 saturated heterocycles. The largest absolute Gasteiger partial charge is 0.355 e. The Morgan fingerprint density at radius 2 is 1.57 bits per heavy atom. The fraction of sp³-hybridized carbons (Fsp3) is 0.435. The van der Waals surface area contributed by atoms with Gasteiger partial charge in [-0.05, 0) is 49.2 Å². The minimum Gasteiger partial charge on any atom is -0.355 e. The number of amides is 1. The number of hydrogen-bond donors (Lipinski definition) is 1. The molecule has 0 bridgehead atoms. The highest BCUT2D eigenvalue weighted by molar-refractivity contribution is 7.90. The van der Waals surface area contributed by atoms with Gasteiger partial charge in [-0.3, -0.25) is 14.6 Å². The predicted octanol–water partition coefficient (Wildman–Crippen LogP) is 1.96. The number of carbonyl (C=O) groups is 1. The first-order valence-electron chi connectivity index (χ1n) is 10.4. The monoisotopic (exact) mass is 429 g/mol. The predicted molar refractivity (Wildman–Crippen MR) is 119 cm³/mol. The smallest absolute Gasteiger partial charge is 0.234 e. The summed E-state index contributed by atoms with van der Waals surface area (Å²) >= 11 is 0. The molecule has 0 atom stereocenters. The molecule has 162 valence electrons. The van der Waals surface area contributed by atoms with E-state index in [1.807, 2.05) is 30.3 Å². The zero-order valence-corrected chi connectivity index (χ0v) is 18.4. The summed E-state index contributed by atoms with van der Waals surface area (Å²) in [6.45, 7) is 5.52. The molecular formula is C23H31N3O3S. The topological polar surface area (TPSA) is 69.7 Å². The van der Waals surface area contributed by atoms with Gasteiger partial charge in [-0.25, -0.2) is 8.42 Å². The van der Waals surface area contributed by atoms with E-state index in [0.717, 1.165) is 51.1 Å². The van der Waals surface area contributed by atoms with Crippen LogP contribution in [0.4, 0.5) is 0 Å². The molecule has 0 aromatic heterocycles. The van der Waals surface area contributed by atoms with Gasteiger partial charge in [0.25, 0.3) is 0 Å². The fourth-order valence-electron chi connectivity index (χ4n) is 3.69. The maximum atomic E-state index is 12.3. The molecule has 1 aliphatic rings. The Morgan fingerprint density at radius 3 is 2.27 bits per heavy atom. The van der Waals surface area contributed by atoms with E-state index < -0.39 is 9.84 Å². The minimum absolute atomic E-state index is 0.0794. The fourth-order valence-corrected chi connectivity index (χ4v) is 4.32. The number of hydrogen-bond acceptors (Lipinski definition) is 5. The molecule has 1 amide bonds. The first kappa shape index (κ1) is 22.5. The SMILES string of the molecule is CS(=O)(=O)c1ccc(CN2CCCN(CC(=O)NCCc3ccccc3)CC2)cc1. The van der Waals surface area contributed by atoms with Crippen LogP contribution in [0.1, 0.15) is 17.5 Å². The Balaban J connectivity index is 1.40. The zero-order chi connectivity index (χ0) is 21.4. The summed E-state index contributed by atoms with van der Waals surface area (Å²) in [6, 6.07) is 17.3. The maximum absolute atomic E-state index is 12.3. The molecule has 3 rings (SSSR count). The molecule has 7 heteroatoms. The number of benzene rings is 2. The van der Waals surface area contributed by atoms with Crippen LogP contribution in [0.25, 0.3) is 0 Å². The average Bonchev–Trinajstić information content (AvgIpc) is 2.93. The third-order valence-electron chi connectivity index (χ3n) is 5.38. The molecule has 6 nitrogen and oxygen atoms in total. The summed E-state index contributed by atoms with van der Waals surface area (Å²) in [5.74, 6) is 0.0794. The van der Waals surface area contributed by atoms with Crippen molar-refractivity contribution in [3.8, 4) is 0 Å². The van der Waals surface area contributed by atoms with E-state index in [0.29, 0.717) is 18.0 Å². The van der Waals surface area contributed by atoms with Gasteiger partial charge in [0.05, 0.1) is 11.4 Å². The Hall–Kier alpha value is -2.22. The lowest BCUT2D eigenvalue weighted by molar-refractivity contribution is -0.122. The molecule has 30 heavy (non-hydrogen) atoms. The second-order valence-electron chi connectivity index (χ2n) is 7.91. The van der Waals surface area contributed by atoms with Crippen LogP contribution in [-0.4, -0.2) is 69.6 Å². The molecule has 1 aliphatic heterocycles. The van der Waals surface area contributed by atoms with Crippen molar-refractivity contribution in [3.05, 3.63) is 65.7 Å². The van der Waals surface area contributed by atoms with Crippen LogP contribution in [0.15, 0.2) is 59.5 Å². The van der Waals surface area contributed by atoms with Crippen LogP contribution in [0, 0.1) is 0 Å². The zero-order valence-electron chi connectivity index (χ0n) is 17.6. The van der Waals surface area contributed by atoms with Crippen molar-refractivity contribution >= 4 is 15.7 Å². The summed E-state index contributed by atoms with van der Waals surface area (Å²) in [5.41, 5.74) is 2.34. The van der Waals surface area contributed by atoms with E-state index in [1.165, 1.54) is 11.8 Å². The van der Waals surface area contributed by atoms with Crippen molar-refractivity contribution in [3.63, 3.8) is 0 Å². The Morgan fingerprint density at radius 1 is 0.900 bits per heavy atom. The Bertz CT molecular complexity index is 914. The second kappa shape index (κ2) is 10.7. The van der Waals surface area contributed by atoms with Crippen molar-refractivity contribution in [2.45, 2.75) is 24.3 Å². The molecule has 0 aliphatic carbocycles. The second-order valence-corrected chi connectivity index (χ2v) is 9.92. The molecular weight excluding hydrogens is 398 g/mol. The van der Waals surface area contributed by atoms with Gasteiger partial charge in [-0.15, -0.1) is 0 Å². The lowest BCUT2D eigenvalue weighted by Gasteiger charge is -2.21. The summed E-state index contributed by atoms with van der Waals surface area (Å²) in [4.78, 5) is 17.2. The average molecular weight is 430 g/mol. The van der Waals surface area contributed by atoms with Crippen molar-refractivity contribution in [2.75, 3.05) is 45.5 Å². The third-order valence-corrected chi connectivity index (χ3v) is 6.51. The van der Waals surface area contributed by atoms with Crippen molar-refractivity contribution in [1.29, 1.82) is 0 Å². The number of nitrogens with one attached hydrogen (secondary N) is 1. The summed E-state index contributed by atoms with van der Waals surface area (Å²) in [5, 5.41) is 3.02. The van der Waals surface area contributed by atoms with Crippen molar-refractivity contribution < 1.29 is 13.2 Å². The lowest BCUT2D eigenvalue weighted by Crippen LogP contribution is -2.39. The van der Waals surface area contributed by atoms with Crippen LogP contribution in [0.2, 0.25) is 0 Å². The van der Waals surface area contributed by atoms with E-state index in [4.69, 9.17) is 0 Å². The van der Waals surface area contributed by atoms with E-state index in [1.54, 1.807) is 12.1 Å². The molecule has 0 saturated carbocycles. The van der Waals surface area contributed by atoms with Crippen LogP contribution in [-0.2, 0) is 27.6 Å². The van der Waals surface area contributed by atoms with Gasteiger partial charge in [-0.2, -0.15) is 0 Å². The van der Waals surface area contributed by atoms with Gasteiger partial charge in [0, 0.05) is 32.4 Å². The van der Waals surface area contributed by atoms with Gasteiger partial charge >= 0.3 is 0 Å². The molecule has 2 aromatic rings. The lowest BCUT2D eigenvalue weighted by atomic mass is 10.1. The Kier molecular flexibility index (Phi) is 8.01. The first-order chi connectivity index (χ1) is 14.4. The summed E-state index contributed by atoms with van der Waals surface area (Å²) in [6.07, 6.45) is 3.08. The van der Waals surface area contributed by atoms with Crippen LogP contribution < -0.4 is 5.32 Å². The molecule has 1 N–H and O–H groups in total. The molecule has 1 fully saturated rings. The molecule has 0 radical (unpaired) electrons. The highest BCUT2D eigenvalue weighted by Crippen LogP contribution is 2.13. The van der Waals surface area contributed by atoms with E-state index >= 15 is 0 Å². The number of rotatable bonds is 8. The highest BCUT2D eigenvalue weighted by Gasteiger charge is 2.17. The van der Waals surface area contributed by atoms with Crippen molar-refractivity contribution in [1.82, 2.24) is 15.1 Å². The number of carbonyl (C=O) groups excluding carboxylic acids is 1. The van der Waals surface area contributed by atoms with E-state index in [2.05, 4.69) is 27.2 Å². The highest BCUT2D eigenvalue weighted by atomic mass is 32.2. The van der Waals surface area contributed by atoms with Gasteiger partial charge < -0.3 is 5.32 Å². The standard InChI is InChI=1S/C23H31N3O3S/c1-30(28,29)22-10-8-21(9-11-22)18-25-14-5-15-26(17-16-25)19-23(27)24-13-12-20-6-3-2-4-7-20/h2-4,6-11H,5,12-19H2,1H3,(H,24,27). The maximum Gasteiger partial charge on any atom is 0.234 e. The number of nitrogens with zero attached hydrogens (tertiary/aromatic N) is 2. The molecule has 2 aromatic carbocycles. The van der Waals surface area contributed by atoms with Gasteiger partial charge in [-0.1, -0.05) is 42.5 Å². The quantitative estimate of drug-likeness (QED) is 0.695. The first-order valence-corrected chi connectivity index (χ1v) is 12.3. The summed E-state index contributed by atoms with van der Waals surface area (Å²) < 4.78 is 23.2. The van der Waals surface area contributed by atoms with E-state index in [9.17, 15) is 13.2 Å². The normalized spacial score (nSPS) is 16.2. The molecule has 0 unspecified atom stereocenters. The van der Waals surface area contributed by atoms with Crippen LogP contribution in [0.3, 0.4) is 0 Å². The van der Waals surface area contributed by atoms with Crippen LogP contribution in [0.5, 0.6) is 0 Å². The van der Waals surface area contributed by atoms with Gasteiger partial charge in [0.15, 0.2) is 9.84 Å². The summed E-state index contributed by atoms with van der Waals surface area (Å²) in [7, 11) is -3.16. The number of sulfone groups is 1. The molecule has 0 spiro atoms. The Labute approximate surface area is 179 Å².